The third kappa shape index (κ3) is 2.45. The van der Waals surface area contributed by atoms with Crippen molar-refractivity contribution in [2.75, 3.05) is 11.5 Å². The summed E-state index contributed by atoms with van der Waals surface area (Å²) in [6.45, 7) is 9.79. The number of ether oxygens (including phenoxy) is 1. The Kier molecular flexibility index (Phi) is 4.23. The molecule has 1 amide bonds. The number of rotatable bonds is 3. The molecule has 0 unspecified atom stereocenters. The molecule has 26 heavy (non-hydrogen) atoms. The predicted octanol–water partition coefficient (Wildman–Crippen LogP) is 3.63. The Balaban J connectivity index is 2.39. The molecule has 0 saturated heterocycles. The highest BCUT2D eigenvalue weighted by Crippen LogP contribution is 2.50. The summed E-state index contributed by atoms with van der Waals surface area (Å²) in [7, 11) is 0. The molecule has 134 valence electrons. The van der Waals surface area contributed by atoms with Crippen molar-refractivity contribution in [3.63, 3.8) is 0 Å². The van der Waals surface area contributed by atoms with Crippen LogP contribution in [0.1, 0.15) is 51.3 Å². The zero-order valence-corrected chi connectivity index (χ0v) is 15.8. The molecular weight excluding hydrogens is 328 g/mol. The molecule has 0 N–H and O–H groups in total. The third-order valence-corrected chi connectivity index (χ3v) is 4.90. The molecule has 0 fully saturated rings. The van der Waals surface area contributed by atoms with E-state index in [1.807, 2.05) is 39.8 Å². The molecule has 0 aromatic heterocycles. The van der Waals surface area contributed by atoms with Gasteiger partial charge in [-0.2, -0.15) is 5.26 Å². The monoisotopic (exact) mass is 350 g/mol. The van der Waals surface area contributed by atoms with Gasteiger partial charge in [0.2, 0.25) is 0 Å². The molecule has 5 nitrogen and oxygen atoms in total. The van der Waals surface area contributed by atoms with E-state index in [0.29, 0.717) is 5.56 Å². The van der Waals surface area contributed by atoms with Crippen molar-refractivity contribution in [3.05, 3.63) is 40.5 Å². The maximum atomic E-state index is 13.3. The van der Waals surface area contributed by atoms with Gasteiger partial charge in [-0.3, -0.25) is 9.69 Å². The molecule has 2 heterocycles. The predicted molar refractivity (Wildman–Crippen MR) is 100 cm³/mol. The van der Waals surface area contributed by atoms with Crippen molar-refractivity contribution in [2.45, 2.75) is 46.6 Å². The standard InChI is InChI=1S/C21H22N2O3/c1-6-13-8-14-12(3)10-21(4,5)23-18(14)15(9-13)17(19(23)24)16(11-22)20(25)26-7-2/h8-10H,6-7H2,1-5H3/b17-16+. The molecule has 0 atom stereocenters. The van der Waals surface area contributed by atoms with Crippen LogP contribution in [-0.2, 0) is 20.7 Å². The van der Waals surface area contributed by atoms with Crippen LogP contribution in [0.5, 0.6) is 0 Å². The average Bonchev–Trinajstić information content (AvgIpc) is 2.87. The highest BCUT2D eigenvalue weighted by molar-refractivity contribution is 6.38. The molecule has 0 aliphatic carbocycles. The van der Waals surface area contributed by atoms with Gasteiger partial charge in [0.25, 0.3) is 5.91 Å². The van der Waals surface area contributed by atoms with Gasteiger partial charge in [-0.05, 0) is 57.4 Å². The Bertz CT molecular complexity index is 929. The molecule has 0 spiro atoms. The van der Waals surface area contributed by atoms with Crippen molar-refractivity contribution in [1.82, 2.24) is 0 Å². The number of carbonyl (C=O) groups excluding carboxylic acids is 2. The van der Waals surface area contributed by atoms with Crippen LogP contribution in [0, 0.1) is 11.3 Å². The minimum absolute atomic E-state index is 0.147. The summed E-state index contributed by atoms with van der Waals surface area (Å²) in [6.07, 6.45) is 2.84. The van der Waals surface area contributed by atoms with E-state index in [-0.39, 0.29) is 23.7 Å². The number of hydrogen-bond acceptors (Lipinski definition) is 4. The Morgan fingerprint density at radius 2 is 1.92 bits per heavy atom. The van der Waals surface area contributed by atoms with Gasteiger partial charge >= 0.3 is 5.97 Å². The Labute approximate surface area is 153 Å². The highest BCUT2D eigenvalue weighted by Gasteiger charge is 2.46. The lowest BCUT2D eigenvalue weighted by atomic mass is 9.87. The van der Waals surface area contributed by atoms with Crippen molar-refractivity contribution in [3.8, 4) is 6.07 Å². The fraction of sp³-hybridized carbons (Fsp3) is 0.381. The van der Waals surface area contributed by atoms with Gasteiger partial charge in [0.05, 0.1) is 23.4 Å². The number of hydrogen-bond donors (Lipinski definition) is 0. The van der Waals surface area contributed by atoms with Crippen LogP contribution < -0.4 is 4.90 Å². The molecule has 1 aromatic rings. The summed E-state index contributed by atoms with van der Waals surface area (Å²) in [6, 6.07) is 5.90. The normalized spacial score (nSPS) is 18.8. The largest absolute Gasteiger partial charge is 0.462 e. The van der Waals surface area contributed by atoms with Crippen LogP contribution in [0.3, 0.4) is 0 Å². The number of nitriles is 1. The molecule has 5 heteroatoms. The first-order chi connectivity index (χ1) is 12.3. The molecule has 1 aromatic carbocycles. The smallest absolute Gasteiger partial charge is 0.349 e. The summed E-state index contributed by atoms with van der Waals surface area (Å²) in [5.74, 6) is -1.08. The number of allylic oxidation sites excluding steroid dienone is 1. The minimum atomic E-state index is -0.753. The van der Waals surface area contributed by atoms with Crippen LogP contribution in [0.15, 0.2) is 23.8 Å². The summed E-state index contributed by atoms with van der Waals surface area (Å²) in [5.41, 5.74) is 3.92. The van der Waals surface area contributed by atoms with E-state index in [1.54, 1.807) is 11.8 Å². The van der Waals surface area contributed by atoms with Gasteiger partial charge in [0, 0.05) is 11.1 Å². The van der Waals surface area contributed by atoms with Crippen molar-refractivity contribution in [1.29, 1.82) is 5.26 Å². The molecule has 0 radical (unpaired) electrons. The lowest BCUT2D eigenvalue weighted by Gasteiger charge is -2.38. The fourth-order valence-electron chi connectivity index (χ4n) is 3.83. The lowest BCUT2D eigenvalue weighted by molar-refractivity contribution is -0.138. The number of nitrogens with zero attached hydrogens (tertiary/aromatic N) is 2. The second-order valence-electron chi connectivity index (χ2n) is 7.10. The number of benzene rings is 1. The second kappa shape index (κ2) is 6.14. The van der Waals surface area contributed by atoms with Gasteiger partial charge < -0.3 is 4.74 Å². The maximum Gasteiger partial charge on any atom is 0.349 e. The first kappa shape index (κ1) is 17.9. The van der Waals surface area contributed by atoms with Crippen LogP contribution in [0.25, 0.3) is 11.1 Å². The number of amides is 1. The topological polar surface area (TPSA) is 70.4 Å². The van der Waals surface area contributed by atoms with E-state index in [2.05, 4.69) is 12.1 Å². The van der Waals surface area contributed by atoms with E-state index in [1.165, 1.54) is 0 Å². The minimum Gasteiger partial charge on any atom is -0.462 e. The van der Waals surface area contributed by atoms with Crippen molar-refractivity contribution in [2.24, 2.45) is 0 Å². The second-order valence-corrected chi connectivity index (χ2v) is 7.10. The van der Waals surface area contributed by atoms with E-state index >= 15 is 0 Å². The summed E-state index contributed by atoms with van der Waals surface area (Å²) in [5, 5.41) is 9.59. The highest BCUT2D eigenvalue weighted by atomic mass is 16.5. The van der Waals surface area contributed by atoms with Gasteiger partial charge in [-0.15, -0.1) is 0 Å². The van der Waals surface area contributed by atoms with Crippen LogP contribution >= 0.6 is 0 Å². The number of anilines is 1. The fourth-order valence-corrected chi connectivity index (χ4v) is 3.83. The Morgan fingerprint density at radius 3 is 2.50 bits per heavy atom. The van der Waals surface area contributed by atoms with Crippen molar-refractivity contribution < 1.29 is 14.3 Å². The van der Waals surface area contributed by atoms with Gasteiger partial charge in [-0.1, -0.05) is 13.0 Å². The van der Waals surface area contributed by atoms with Crippen LogP contribution in [0.2, 0.25) is 0 Å². The summed E-state index contributed by atoms with van der Waals surface area (Å²) in [4.78, 5) is 27.3. The van der Waals surface area contributed by atoms with Gasteiger partial charge in [0.1, 0.15) is 6.07 Å². The number of carbonyl (C=O) groups is 2. The van der Waals surface area contributed by atoms with Crippen molar-refractivity contribution >= 4 is 28.7 Å². The number of aryl methyl sites for hydroxylation is 1. The lowest BCUT2D eigenvalue weighted by Crippen LogP contribution is -2.46. The van der Waals surface area contributed by atoms with E-state index < -0.39 is 11.5 Å². The molecule has 0 bridgehead atoms. The zero-order chi connectivity index (χ0) is 19.2. The molecular formula is C21H22N2O3. The Morgan fingerprint density at radius 1 is 1.27 bits per heavy atom. The van der Waals surface area contributed by atoms with E-state index in [0.717, 1.165) is 28.8 Å². The first-order valence-electron chi connectivity index (χ1n) is 8.80. The maximum absolute atomic E-state index is 13.3. The van der Waals surface area contributed by atoms with Gasteiger partial charge in [0.15, 0.2) is 5.57 Å². The van der Waals surface area contributed by atoms with Crippen LogP contribution in [-0.4, -0.2) is 24.0 Å². The Hall–Kier alpha value is -2.87. The van der Waals surface area contributed by atoms with Gasteiger partial charge in [-0.25, -0.2) is 4.79 Å². The first-order valence-corrected chi connectivity index (χ1v) is 8.80. The molecule has 3 rings (SSSR count). The zero-order valence-electron chi connectivity index (χ0n) is 15.8. The third-order valence-electron chi connectivity index (χ3n) is 4.90. The quantitative estimate of drug-likeness (QED) is 0.474. The summed E-state index contributed by atoms with van der Waals surface area (Å²) >= 11 is 0. The molecule has 2 aliphatic rings. The SMILES string of the molecule is CCOC(=O)/C(C#N)=C1/C(=O)N2c3c(cc(CC)cc31)C(C)=CC2(C)C. The average molecular weight is 350 g/mol. The van der Waals surface area contributed by atoms with E-state index in [9.17, 15) is 14.9 Å². The van der Waals surface area contributed by atoms with E-state index in [4.69, 9.17) is 4.74 Å². The molecule has 2 aliphatic heterocycles. The van der Waals surface area contributed by atoms with Crippen LogP contribution in [0.4, 0.5) is 5.69 Å². The number of esters is 1. The summed E-state index contributed by atoms with van der Waals surface area (Å²) < 4.78 is 5.01. The molecule has 0 saturated carbocycles.